The third kappa shape index (κ3) is 17.1. The van der Waals surface area contributed by atoms with E-state index in [1.54, 1.807) is 0 Å². The molecule has 0 aromatic rings. The van der Waals surface area contributed by atoms with Crippen LogP contribution in [0.5, 0.6) is 0 Å². The molecule has 0 unspecified atom stereocenters. The van der Waals surface area contributed by atoms with Crippen LogP contribution in [0.25, 0.3) is 0 Å². The topological polar surface area (TPSA) is 93.1 Å². The number of rotatable bonds is 24. The van der Waals surface area contributed by atoms with Crippen molar-refractivity contribution >= 4 is 11.9 Å². The maximum atomic E-state index is 12.3. The summed E-state index contributed by atoms with van der Waals surface area (Å²) < 4.78 is 11.5. The lowest BCUT2D eigenvalue weighted by molar-refractivity contribution is -0.152. The molecule has 0 aliphatic rings. The molecular weight excluding hydrogens is 396 g/mol. The zero-order valence-corrected chi connectivity index (χ0v) is 20.2. The fourth-order valence-electron chi connectivity index (χ4n) is 3.79. The molecule has 0 radical (unpaired) electrons. The van der Waals surface area contributed by atoms with E-state index >= 15 is 0 Å². The quantitative estimate of drug-likeness (QED) is 0.166. The van der Waals surface area contributed by atoms with Crippen LogP contribution >= 0.6 is 0 Å². The average Bonchev–Trinajstić information content (AvgIpc) is 2.73. The Morgan fingerprint density at radius 2 is 1.10 bits per heavy atom. The Kier molecular flexibility index (Phi) is 20.0. The van der Waals surface area contributed by atoms with Gasteiger partial charge in [0.1, 0.15) is 0 Å². The maximum Gasteiger partial charge on any atom is 0.309 e. The summed E-state index contributed by atoms with van der Waals surface area (Å²) in [4.78, 5) is 22.9. The first-order valence-corrected chi connectivity index (χ1v) is 12.6. The molecule has 0 rings (SSSR count). The summed E-state index contributed by atoms with van der Waals surface area (Å²) in [7, 11) is 0. The zero-order chi connectivity index (χ0) is 23.2. The molecule has 0 amide bonds. The van der Waals surface area contributed by atoms with Gasteiger partial charge in [-0.15, -0.1) is 0 Å². The van der Waals surface area contributed by atoms with Crippen molar-refractivity contribution in [1.82, 2.24) is 0 Å². The molecule has 0 spiro atoms. The van der Waals surface area contributed by atoms with Gasteiger partial charge in [0.15, 0.2) is 0 Å². The number of hydrogen-bond donors (Lipinski definition) is 2. The molecule has 0 aliphatic heterocycles. The van der Waals surface area contributed by atoms with Crippen LogP contribution in [0.4, 0.5) is 0 Å². The minimum atomic E-state index is -0.820. The monoisotopic (exact) mass is 444 g/mol. The van der Waals surface area contributed by atoms with Crippen molar-refractivity contribution in [1.29, 1.82) is 0 Å². The van der Waals surface area contributed by atoms with Gasteiger partial charge in [-0.2, -0.15) is 0 Å². The lowest BCUT2D eigenvalue weighted by atomic mass is 9.77. The van der Waals surface area contributed by atoms with Gasteiger partial charge in [0.05, 0.1) is 5.41 Å². The first-order valence-electron chi connectivity index (χ1n) is 12.6. The smallest absolute Gasteiger partial charge is 0.309 e. The minimum Gasteiger partial charge on any atom is -0.481 e. The summed E-state index contributed by atoms with van der Waals surface area (Å²) in [6.07, 6.45) is 14.1. The fourth-order valence-corrected chi connectivity index (χ4v) is 3.79. The standard InChI is InChI=1S/C25H48O6/c1-3-5-7-13-19-30-21-17-25(24(28)29,16-12-10-9-11-15-23(26)27)18-22-31-20-14-8-6-4-2/h3-22H2,1-2H3,(H,26,27)(H,28,29). The van der Waals surface area contributed by atoms with E-state index in [9.17, 15) is 14.7 Å². The number of hydrogen-bond acceptors (Lipinski definition) is 4. The minimum absolute atomic E-state index is 0.182. The summed E-state index contributed by atoms with van der Waals surface area (Å²) >= 11 is 0. The number of aliphatic carboxylic acids is 2. The Morgan fingerprint density at radius 3 is 1.55 bits per heavy atom. The second-order valence-electron chi connectivity index (χ2n) is 8.74. The zero-order valence-electron chi connectivity index (χ0n) is 20.2. The predicted molar refractivity (Wildman–Crippen MR) is 125 cm³/mol. The van der Waals surface area contributed by atoms with Crippen LogP contribution in [0.1, 0.15) is 117 Å². The van der Waals surface area contributed by atoms with Crippen molar-refractivity contribution < 1.29 is 29.3 Å². The van der Waals surface area contributed by atoms with E-state index in [-0.39, 0.29) is 6.42 Å². The first kappa shape index (κ1) is 29.9. The molecule has 0 fully saturated rings. The molecule has 0 saturated heterocycles. The van der Waals surface area contributed by atoms with E-state index in [4.69, 9.17) is 14.6 Å². The van der Waals surface area contributed by atoms with Crippen molar-refractivity contribution in [2.24, 2.45) is 5.41 Å². The van der Waals surface area contributed by atoms with Gasteiger partial charge in [-0.25, -0.2) is 0 Å². The molecule has 0 atom stereocenters. The van der Waals surface area contributed by atoms with E-state index in [0.29, 0.717) is 52.1 Å². The summed E-state index contributed by atoms with van der Waals surface area (Å²) in [6.45, 7) is 6.67. The molecule has 0 heterocycles. The van der Waals surface area contributed by atoms with Gasteiger partial charge in [0.2, 0.25) is 0 Å². The molecule has 0 saturated carbocycles. The van der Waals surface area contributed by atoms with Crippen molar-refractivity contribution in [2.75, 3.05) is 26.4 Å². The lowest BCUT2D eigenvalue weighted by Crippen LogP contribution is -2.34. The first-order chi connectivity index (χ1) is 15.0. The van der Waals surface area contributed by atoms with Crippen molar-refractivity contribution in [3.8, 4) is 0 Å². The van der Waals surface area contributed by atoms with Crippen LogP contribution in [0.3, 0.4) is 0 Å². The third-order valence-electron chi connectivity index (χ3n) is 5.98. The van der Waals surface area contributed by atoms with E-state index in [1.165, 1.54) is 25.7 Å². The summed E-state index contributed by atoms with van der Waals surface area (Å²) in [6, 6.07) is 0. The van der Waals surface area contributed by atoms with Crippen LogP contribution < -0.4 is 0 Å². The SMILES string of the molecule is CCCCCCOCCC(CCCCCCC(=O)O)(CCOCCCCCC)C(=O)O. The molecule has 2 N–H and O–H groups in total. The van der Waals surface area contributed by atoms with Crippen molar-refractivity contribution in [3.05, 3.63) is 0 Å². The van der Waals surface area contributed by atoms with Gasteiger partial charge in [-0.1, -0.05) is 71.6 Å². The molecule has 0 bridgehead atoms. The van der Waals surface area contributed by atoms with E-state index in [2.05, 4.69) is 13.8 Å². The molecule has 0 aliphatic carbocycles. The van der Waals surface area contributed by atoms with Gasteiger partial charge in [-0.05, 0) is 38.5 Å². The van der Waals surface area contributed by atoms with Crippen LogP contribution in [-0.4, -0.2) is 48.6 Å². The molecule has 0 aromatic carbocycles. The normalized spacial score (nSPS) is 11.7. The van der Waals surface area contributed by atoms with Crippen LogP contribution in [0.2, 0.25) is 0 Å². The second kappa shape index (κ2) is 20.7. The van der Waals surface area contributed by atoms with Crippen LogP contribution in [-0.2, 0) is 19.1 Å². The van der Waals surface area contributed by atoms with Gasteiger partial charge in [0.25, 0.3) is 0 Å². The Hall–Kier alpha value is -1.14. The Morgan fingerprint density at radius 1 is 0.613 bits per heavy atom. The summed E-state index contributed by atoms with van der Waals surface area (Å²) in [5.41, 5.74) is -0.820. The number of carbonyl (C=O) groups is 2. The lowest BCUT2D eigenvalue weighted by Gasteiger charge is -2.29. The molecule has 184 valence electrons. The number of ether oxygens (including phenoxy) is 2. The molecule has 6 nitrogen and oxygen atoms in total. The van der Waals surface area contributed by atoms with E-state index < -0.39 is 17.4 Å². The van der Waals surface area contributed by atoms with Crippen molar-refractivity contribution in [3.63, 3.8) is 0 Å². The van der Waals surface area contributed by atoms with E-state index in [1.807, 2.05) is 0 Å². The summed E-state index contributed by atoms with van der Waals surface area (Å²) in [5, 5.41) is 18.8. The largest absolute Gasteiger partial charge is 0.481 e. The Bertz CT molecular complexity index is 420. The number of unbranched alkanes of at least 4 members (excludes halogenated alkanes) is 9. The van der Waals surface area contributed by atoms with Gasteiger partial charge in [0, 0.05) is 32.8 Å². The maximum absolute atomic E-state index is 12.3. The molecular formula is C25H48O6. The molecule has 6 heteroatoms. The fraction of sp³-hybridized carbons (Fsp3) is 0.920. The van der Waals surface area contributed by atoms with Crippen LogP contribution in [0, 0.1) is 5.41 Å². The summed E-state index contributed by atoms with van der Waals surface area (Å²) in [5.74, 6) is -1.53. The van der Waals surface area contributed by atoms with Crippen molar-refractivity contribution in [2.45, 2.75) is 117 Å². The Labute approximate surface area is 190 Å². The van der Waals surface area contributed by atoms with E-state index in [0.717, 1.165) is 44.9 Å². The molecule has 31 heavy (non-hydrogen) atoms. The third-order valence-corrected chi connectivity index (χ3v) is 5.98. The number of carboxylic acid groups (broad SMARTS) is 2. The van der Waals surface area contributed by atoms with Crippen LogP contribution in [0.15, 0.2) is 0 Å². The highest BCUT2D eigenvalue weighted by molar-refractivity contribution is 5.74. The van der Waals surface area contributed by atoms with Gasteiger partial charge in [-0.3, -0.25) is 9.59 Å². The second-order valence-corrected chi connectivity index (χ2v) is 8.74. The highest BCUT2D eigenvalue weighted by Crippen LogP contribution is 2.34. The van der Waals surface area contributed by atoms with Gasteiger partial charge < -0.3 is 19.7 Å². The highest BCUT2D eigenvalue weighted by Gasteiger charge is 2.37. The average molecular weight is 445 g/mol. The predicted octanol–water partition coefficient (Wildman–Crippen LogP) is 6.46. The Balaban J connectivity index is 4.50. The molecule has 0 aromatic heterocycles. The number of carboxylic acids is 2. The highest BCUT2D eigenvalue weighted by atomic mass is 16.5. The van der Waals surface area contributed by atoms with Gasteiger partial charge >= 0.3 is 11.9 Å².